The minimum absolute atomic E-state index is 0.438. The van der Waals surface area contributed by atoms with Crippen molar-refractivity contribution in [2.24, 2.45) is 0 Å². The van der Waals surface area contributed by atoms with E-state index in [9.17, 15) is 0 Å². The van der Waals surface area contributed by atoms with Crippen molar-refractivity contribution in [1.82, 2.24) is 14.5 Å². The number of benzene rings is 2. The van der Waals surface area contributed by atoms with E-state index >= 15 is 0 Å². The van der Waals surface area contributed by atoms with Crippen LogP contribution in [0.2, 0.25) is 5.02 Å². The number of halogens is 1. The van der Waals surface area contributed by atoms with Crippen LogP contribution in [0, 0.1) is 6.92 Å². The van der Waals surface area contributed by atoms with Crippen LogP contribution in [0.1, 0.15) is 25.2 Å². The normalized spacial score (nSPS) is 11.4. The van der Waals surface area contributed by atoms with Crippen molar-refractivity contribution in [2.45, 2.75) is 33.9 Å². The summed E-state index contributed by atoms with van der Waals surface area (Å²) in [5, 5.41) is 0.705. The van der Waals surface area contributed by atoms with Crippen LogP contribution in [-0.2, 0) is 13.2 Å². The van der Waals surface area contributed by atoms with Gasteiger partial charge in [0.1, 0.15) is 18.2 Å². The maximum absolute atomic E-state index is 6.15. The van der Waals surface area contributed by atoms with E-state index < -0.39 is 0 Å². The van der Waals surface area contributed by atoms with E-state index in [2.05, 4.69) is 42.4 Å². The predicted molar refractivity (Wildman–Crippen MR) is 108 cm³/mol. The van der Waals surface area contributed by atoms with Crippen molar-refractivity contribution in [2.75, 3.05) is 19.6 Å². The first-order valence-electron chi connectivity index (χ1n) is 9.17. The van der Waals surface area contributed by atoms with E-state index in [0.29, 0.717) is 11.6 Å². The average molecular weight is 372 g/mol. The molecule has 5 heteroatoms. The second kappa shape index (κ2) is 8.56. The summed E-state index contributed by atoms with van der Waals surface area (Å²) in [5.41, 5.74) is 3.24. The van der Waals surface area contributed by atoms with Gasteiger partial charge in [-0.2, -0.15) is 0 Å². The van der Waals surface area contributed by atoms with Crippen molar-refractivity contribution in [3.63, 3.8) is 0 Å². The molecule has 0 bridgehead atoms. The Morgan fingerprint density at radius 3 is 2.50 bits per heavy atom. The number of nitrogens with zero attached hydrogens (tertiary/aromatic N) is 3. The van der Waals surface area contributed by atoms with Crippen molar-refractivity contribution in [1.29, 1.82) is 0 Å². The van der Waals surface area contributed by atoms with E-state index in [4.69, 9.17) is 21.3 Å². The average Bonchev–Trinajstić information content (AvgIpc) is 2.98. The number of hydrogen-bond acceptors (Lipinski definition) is 3. The number of hydrogen-bond donors (Lipinski definition) is 0. The van der Waals surface area contributed by atoms with Crippen LogP contribution in [0.25, 0.3) is 11.0 Å². The SMILES string of the molecule is CCN(CC)CCn1c(COc2ccc(C)cc2)nc2cc(Cl)ccc21. The maximum Gasteiger partial charge on any atom is 0.148 e. The summed E-state index contributed by atoms with van der Waals surface area (Å²) in [6.07, 6.45) is 0. The molecule has 138 valence electrons. The molecule has 0 spiro atoms. The van der Waals surface area contributed by atoms with Gasteiger partial charge < -0.3 is 14.2 Å². The molecule has 1 aromatic heterocycles. The number of aryl methyl sites for hydroxylation is 1. The van der Waals surface area contributed by atoms with Crippen molar-refractivity contribution < 1.29 is 4.74 Å². The van der Waals surface area contributed by atoms with Gasteiger partial charge in [-0.3, -0.25) is 0 Å². The monoisotopic (exact) mass is 371 g/mol. The fourth-order valence-corrected chi connectivity index (χ4v) is 3.24. The van der Waals surface area contributed by atoms with Gasteiger partial charge >= 0.3 is 0 Å². The Morgan fingerprint density at radius 2 is 1.81 bits per heavy atom. The molecule has 2 aromatic carbocycles. The van der Waals surface area contributed by atoms with Gasteiger partial charge in [-0.05, 0) is 50.3 Å². The second-order valence-electron chi connectivity index (χ2n) is 6.44. The van der Waals surface area contributed by atoms with Crippen LogP contribution in [0.4, 0.5) is 0 Å². The van der Waals surface area contributed by atoms with Crippen molar-refractivity contribution in [3.05, 3.63) is 58.9 Å². The number of fused-ring (bicyclic) bond motifs is 1. The first kappa shape index (κ1) is 18.7. The zero-order valence-electron chi connectivity index (χ0n) is 15.7. The number of ether oxygens (including phenoxy) is 1. The van der Waals surface area contributed by atoms with Gasteiger partial charge in [0.05, 0.1) is 11.0 Å². The molecule has 0 radical (unpaired) electrons. The molecule has 0 unspecified atom stereocenters. The van der Waals surface area contributed by atoms with Gasteiger partial charge in [-0.15, -0.1) is 0 Å². The van der Waals surface area contributed by atoms with E-state index in [1.165, 1.54) is 5.56 Å². The highest BCUT2D eigenvalue weighted by Crippen LogP contribution is 2.22. The molecule has 0 atom stereocenters. The highest BCUT2D eigenvalue weighted by Gasteiger charge is 2.13. The first-order chi connectivity index (χ1) is 12.6. The van der Waals surface area contributed by atoms with E-state index in [0.717, 1.165) is 48.8 Å². The standard InChI is InChI=1S/C21H26ClN3O/c1-4-24(5-2)12-13-25-20-11-8-17(22)14-19(20)23-21(25)15-26-18-9-6-16(3)7-10-18/h6-11,14H,4-5,12-13,15H2,1-3H3. The lowest BCUT2D eigenvalue weighted by Crippen LogP contribution is -2.27. The minimum atomic E-state index is 0.438. The fourth-order valence-electron chi connectivity index (χ4n) is 3.08. The Bertz CT molecular complexity index is 854. The maximum atomic E-state index is 6.15. The minimum Gasteiger partial charge on any atom is -0.486 e. The Kier molecular flexibility index (Phi) is 6.17. The zero-order chi connectivity index (χ0) is 18.5. The third kappa shape index (κ3) is 4.37. The topological polar surface area (TPSA) is 30.3 Å². The quantitative estimate of drug-likeness (QED) is 0.563. The molecule has 3 rings (SSSR count). The summed E-state index contributed by atoms with van der Waals surface area (Å²) in [5.74, 6) is 1.78. The summed E-state index contributed by atoms with van der Waals surface area (Å²) < 4.78 is 8.23. The highest BCUT2D eigenvalue weighted by atomic mass is 35.5. The summed E-state index contributed by atoms with van der Waals surface area (Å²) in [6, 6.07) is 14.0. The Morgan fingerprint density at radius 1 is 1.08 bits per heavy atom. The Labute approximate surface area is 160 Å². The molecule has 1 heterocycles. The van der Waals surface area contributed by atoms with Gasteiger partial charge in [0, 0.05) is 18.1 Å². The number of likely N-dealkylation sites (N-methyl/N-ethyl adjacent to an activating group) is 1. The van der Waals surface area contributed by atoms with Gasteiger partial charge in [0.25, 0.3) is 0 Å². The van der Waals surface area contributed by atoms with Crippen LogP contribution < -0.4 is 4.74 Å². The fraction of sp³-hybridized carbons (Fsp3) is 0.381. The first-order valence-corrected chi connectivity index (χ1v) is 9.55. The van der Waals surface area contributed by atoms with Gasteiger partial charge in [0.15, 0.2) is 0 Å². The summed E-state index contributed by atoms with van der Waals surface area (Å²) in [6.45, 7) is 10.8. The number of aromatic nitrogens is 2. The van der Waals surface area contributed by atoms with E-state index in [-0.39, 0.29) is 0 Å². The van der Waals surface area contributed by atoms with Crippen LogP contribution in [-0.4, -0.2) is 34.1 Å². The second-order valence-corrected chi connectivity index (χ2v) is 6.88. The molecule has 0 fully saturated rings. The molecule has 4 nitrogen and oxygen atoms in total. The van der Waals surface area contributed by atoms with Crippen LogP contribution >= 0.6 is 11.6 Å². The lowest BCUT2D eigenvalue weighted by atomic mass is 10.2. The van der Waals surface area contributed by atoms with Crippen LogP contribution in [0.5, 0.6) is 5.75 Å². The van der Waals surface area contributed by atoms with Gasteiger partial charge in [-0.25, -0.2) is 4.98 Å². The molecule has 0 aliphatic carbocycles. The molecular weight excluding hydrogens is 346 g/mol. The summed E-state index contributed by atoms with van der Waals surface area (Å²) in [7, 11) is 0. The molecule has 26 heavy (non-hydrogen) atoms. The third-order valence-electron chi connectivity index (χ3n) is 4.71. The highest BCUT2D eigenvalue weighted by molar-refractivity contribution is 6.31. The van der Waals surface area contributed by atoms with Crippen LogP contribution in [0.3, 0.4) is 0 Å². The van der Waals surface area contributed by atoms with Crippen molar-refractivity contribution >= 4 is 22.6 Å². The molecule has 0 amide bonds. The molecule has 0 N–H and O–H groups in total. The molecule has 0 aliphatic rings. The van der Waals surface area contributed by atoms with Gasteiger partial charge in [-0.1, -0.05) is 43.1 Å². The smallest absolute Gasteiger partial charge is 0.148 e. The molecule has 0 saturated carbocycles. The number of imidazole rings is 1. The summed E-state index contributed by atoms with van der Waals surface area (Å²) >= 11 is 6.15. The van der Waals surface area contributed by atoms with Crippen LogP contribution in [0.15, 0.2) is 42.5 Å². The molecule has 3 aromatic rings. The van der Waals surface area contributed by atoms with E-state index in [1.807, 2.05) is 30.3 Å². The lowest BCUT2D eigenvalue weighted by molar-refractivity contribution is 0.271. The zero-order valence-corrected chi connectivity index (χ0v) is 16.5. The molecular formula is C21H26ClN3O. The summed E-state index contributed by atoms with van der Waals surface area (Å²) in [4.78, 5) is 7.18. The Hall–Kier alpha value is -2.04. The number of rotatable bonds is 8. The predicted octanol–water partition coefficient (Wildman–Crippen LogP) is 4.92. The molecule has 0 aliphatic heterocycles. The lowest BCUT2D eigenvalue weighted by Gasteiger charge is -2.19. The molecule has 0 saturated heterocycles. The van der Waals surface area contributed by atoms with Crippen molar-refractivity contribution in [3.8, 4) is 5.75 Å². The third-order valence-corrected chi connectivity index (χ3v) is 4.95. The van der Waals surface area contributed by atoms with E-state index in [1.54, 1.807) is 0 Å². The van der Waals surface area contributed by atoms with Gasteiger partial charge in [0.2, 0.25) is 0 Å². The Balaban J connectivity index is 1.84. The largest absolute Gasteiger partial charge is 0.486 e.